The van der Waals surface area contributed by atoms with Crippen molar-refractivity contribution < 1.29 is 9.18 Å². The topological polar surface area (TPSA) is 42.0 Å². The van der Waals surface area contributed by atoms with E-state index in [0.29, 0.717) is 16.3 Å². The molecule has 0 aliphatic rings. The number of anilines is 1. The zero-order chi connectivity index (χ0) is 19.3. The molecular formula is C23H17FN2OS. The number of amides is 1. The fourth-order valence-electron chi connectivity index (χ4n) is 2.96. The summed E-state index contributed by atoms with van der Waals surface area (Å²) >= 11 is 1.40. The highest BCUT2D eigenvalue weighted by Gasteiger charge is 2.12. The van der Waals surface area contributed by atoms with Crippen LogP contribution < -0.4 is 5.32 Å². The van der Waals surface area contributed by atoms with E-state index in [1.165, 1.54) is 23.5 Å². The monoisotopic (exact) mass is 388 g/mol. The summed E-state index contributed by atoms with van der Waals surface area (Å²) in [5.41, 5.74) is 4.15. The van der Waals surface area contributed by atoms with Crippen LogP contribution in [-0.4, -0.2) is 10.9 Å². The molecule has 0 bridgehead atoms. The number of carbonyl (C=O) groups excluding carboxylic acids is 1. The van der Waals surface area contributed by atoms with Crippen LogP contribution in [0.1, 0.15) is 5.69 Å². The smallest absolute Gasteiger partial charge is 0.230 e. The molecule has 0 atom stereocenters. The second kappa shape index (κ2) is 8.15. The van der Waals surface area contributed by atoms with Gasteiger partial charge in [0.15, 0.2) is 0 Å². The van der Waals surface area contributed by atoms with E-state index in [0.717, 1.165) is 16.8 Å². The number of nitrogens with zero attached hydrogens (tertiary/aromatic N) is 1. The molecule has 1 amide bonds. The molecule has 0 unspecified atom stereocenters. The summed E-state index contributed by atoms with van der Waals surface area (Å²) in [6, 6.07) is 23.9. The standard InChI is InChI=1S/C23H17FN2OS/c24-18-10-6-9-17(13-18)23-25-19(15-28-23)14-22(27)26-21-12-5-4-11-20(21)16-7-2-1-3-8-16/h1-13,15H,14H2,(H,26,27). The Morgan fingerprint density at radius 1 is 0.929 bits per heavy atom. The summed E-state index contributed by atoms with van der Waals surface area (Å²) in [5, 5.41) is 5.52. The van der Waals surface area contributed by atoms with E-state index in [-0.39, 0.29) is 18.1 Å². The van der Waals surface area contributed by atoms with Crippen molar-refractivity contribution in [3.63, 3.8) is 0 Å². The molecule has 3 nitrogen and oxygen atoms in total. The molecule has 0 saturated heterocycles. The maximum Gasteiger partial charge on any atom is 0.230 e. The van der Waals surface area contributed by atoms with Crippen molar-refractivity contribution in [2.24, 2.45) is 0 Å². The fraction of sp³-hybridized carbons (Fsp3) is 0.0435. The zero-order valence-corrected chi connectivity index (χ0v) is 15.7. The molecular weight excluding hydrogens is 371 g/mol. The number of rotatable bonds is 5. The van der Waals surface area contributed by atoms with Crippen LogP contribution in [0.4, 0.5) is 10.1 Å². The average molecular weight is 388 g/mol. The number of thiazole rings is 1. The van der Waals surface area contributed by atoms with Crippen LogP contribution >= 0.6 is 11.3 Å². The highest BCUT2D eigenvalue weighted by Crippen LogP contribution is 2.28. The molecule has 0 aliphatic heterocycles. The Kier molecular flexibility index (Phi) is 5.26. The van der Waals surface area contributed by atoms with E-state index in [1.807, 2.05) is 66.0 Å². The van der Waals surface area contributed by atoms with Gasteiger partial charge in [0.1, 0.15) is 10.8 Å². The number of benzene rings is 3. The van der Waals surface area contributed by atoms with Gasteiger partial charge in [0.2, 0.25) is 5.91 Å². The van der Waals surface area contributed by atoms with Gasteiger partial charge in [0.05, 0.1) is 12.1 Å². The molecule has 0 radical (unpaired) electrons. The quantitative estimate of drug-likeness (QED) is 0.470. The summed E-state index contributed by atoms with van der Waals surface area (Å²) in [7, 11) is 0. The van der Waals surface area contributed by atoms with Gasteiger partial charge in [0.25, 0.3) is 0 Å². The number of hydrogen-bond donors (Lipinski definition) is 1. The average Bonchev–Trinajstić information content (AvgIpc) is 3.17. The second-order valence-corrected chi connectivity index (χ2v) is 7.15. The Labute approximate surface area is 166 Å². The molecule has 3 aromatic carbocycles. The molecule has 0 saturated carbocycles. The molecule has 4 aromatic rings. The van der Waals surface area contributed by atoms with Gasteiger partial charge < -0.3 is 5.32 Å². The van der Waals surface area contributed by atoms with Crippen LogP contribution in [0.5, 0.6) is 0 Å². The van der Waals surface area contributed by atoms with Crippen LogP contribution in [0.15, 0.2) is 84.2 Å². The molecule has 0 fully saturated rings. The zero-order valence-electron chi connectivity index (χ0n) is 14.9. The van der Waals surface area contributed by atoms with Gasteiger partial charge in [-0.15, -0.1) is 11.3 Å². The van der Waals surface area contributed by atoms with Gasteiger partial charge in [-0.3, -0.25) is 4.79 Å². The van der Waals surface area contributed by atoms with Crippen molar-refractivity contribution in [1.29, 1.82) is 0 Å². The highest BCUT2D eigenvalue weighted by atomic mass is 32.1. The van der Waals surface area contributed by atoms with E-state index in [2.05, 4.69) is 10.3 Å². The first kappa shape index (κ1) is 18.1. The first-order valence-corrected chi connectivity index (χ1v) is 9.71. The van der Waals surface area contributed by atoms with E-state index in [1.54, 1.807) is 6.07 Å². The van der Waals surface area contributed by atoms with Crippen LogP contribution in [0.3, 0.4) is 0 Å². The predicted octanol–water partition coefficient (Wildman–Crippen LogP) is 5.80. The lowest BCUT2D eigenvalue weighted by atomic mass is 10.0. The van der Waals surface area contributed by atoms with E-state index in [4.69, 9.17) is 0 Å². The normalized spacial score (nSPS) is 10.6. The lowest BCUT2D eigenvalue weighted by Gasteiger charge is -2.11. The lowest BCUT2D eigenvalue weighted by molar-refractivity contribution is -0.115. The van der Waals surface area contributed by atoms with Crippen molar-refractivity contribution in [3.05, 3.63) is 95.8 Å². The van der Waals surface area contributed by atoms with Gasteiger partial charge >= 0.3 is 0 Å². The van der Waals surface area contributed by atoms with Crippen LogP contribution in [-0.2, 0) is 11.2 Å². The number of aromatic nitrogens is 1. The summed E-state index contributed by atoms with van der Waals surface area (Å²) < 4.78 is 13.4. The summed E-state index contributed by atoms with van der Waals surface area (Å²) in [5.74, 6) is -0.441. The summed E-state index contributed by atoms with van der Waals surface area (Å²) in [4.78, 5) is 17.0. The second-order valence-electron chi connectivity index (χ2n) is 6.29. The van der Waals surface area contributed by atoms with Crippen molar-refractivity contribution in [1.82, 2.24) is 4.98 Å². The maximum absolute atomic E-state index is 13.4. The molecule has 4 rings (SSSR count). The van der Waals surface area contributed by atoms with Gasteiger partial charge in [-0.2, -0.15) is 0 Å². The Hall–Kier alpha value is -3.31. The maximum atomic E-state index is 13.4. The van der Waals surface area contributed by atoms with Crippen molar-refractivity contribution in [3.8, 4) is 21.7 Å². The number of carbonyl (C=O) groups is 1. The third-order valence-corrected chi connectivity index (χ3v) is 5.19. The van der Waals surface area contributed by atoms with Crippen LogP contribution in [0, 0.1) is 5.82 Å². The minimum atomic E-state index is -0.301. The molecule has 138 valence electrons. The number of hydrogen-bond acceptors (Lipinski definition) is 3. The number of nitrogens with one attached hydrogen (secondary N) is 1. The molecule has 1 N–H and O–H groups in total. The summed E-state index contributed by atoms with van der Waals surface area (Å²) in [6.45, 7) is 0. The number of halogens is 1. The first-order valence-electron chi connectivity index (χ1n) is 8.84. The third-order valence-electron chi connectivity index (χ3n) is 4.25. The van der Waals surface area contributed by atoms with Crippen molar-refractivity contribution in [2.75, 3.05) is 5.32 Å². The van der Waals surface area contributed by atoms with E-state index < -0.39 is 0 Å². The van der Waals surface area contributed by atoms with Gasteiger partial charge in [-0.1, -0.05) is 60.7 Å². The summed E-state index contributed by atoms with van der Waals surface area (Å²) in [6.07, 6.45) is 0.162. The van der Waals surface area contributed by atoms with Crippen molar-refractivity contribution >= 4 is 22.9 Å². The minimum absolute atomic E-state index is 0.139. The van der Waals surface area contributed by atoms with E-state index in [9.17, 15) is 9.18 Å². The Morgan fingerprint density at radius 3 is 2.50 bits per heavy atom. The Balaban J connectivity index is 1.49. The van der Waals surface area contributed by atoms with Crippen LogP contribution in [0.25, 0.3) is 21.7 Å². The van der Waals surface area contributed by atoms with Gasteiger partial charge in [0, 0.05) is 22.2 Å². The fourth-order valence-corrected chi connectivity index (χ4v) is 3.78. The lowest BCUT2D eigenvalue weighted by Crippen LogP contribution is -2.15. The molecule has 0 aliphatic carbocycles. The molecule has 1 heterocycles. The third kappa shape index (κ3) is 4.15. The molecule has 28 heavy (non-hydrogen) atoms. The van der Waals surface area contributed by atoms with Crippen molar-refractivity contribution in [2.45, 2.75) is 6.42 Å². The number of para-hydroxylation sites is 1. The molecule has 1 aromatic heterocycles. The van der Waals surface area contributed by atoms with E-state index >= 15 is 0 Å². The predicted molar refractivity (Wildman–Crippen MR) is 112 cm³/mol. The largest absolute Gasteiger partial charge is 0.325 e. The Morgan fingerprint density at radius 2 is 1.68 bits per heavy atom. The van der Waals surface area contributed by atoms with Gasteiger partial charge in [-0.25, -0.2) is 9.37 Å². The first-order chi connectivity index (χ1) is 13.7. The van der Waals surface area contributed by atoms with Crippen LogP contribution in [0.2, 0.25) is 0 Å². The molecule has 5 heteroatoms. The SMILES string of the molecule is O=C(Cc1csc(-c2cccc(F)c2)n1)Nc1ccccc1-c1ccccc1. The van der Waals surface area contributed by atoms with Gasteiger partial charge in [-0.05, 0) is 23.8 Å². The Bertz CT molecular complexity index is 1110. The molecule has 0 spiro atoms. The minimum Gasteiger partial charge on any atom is -0.325 e. The highest BCUT2D eigenvalue weighted by molar-refractivity contribution is 7.13.